The second-order valence-electron chi connectivity index (χ2n) is 4.69. The lowest BCUT2D eigenvalue weighted by atomic mass is 10.3. The largest absolute Gasteiger partial charge is 0.356 e. The zero-order valence-electron chi connectivity index (χ0n) is 11.0. The van der Waals surface area contributed by atoms with Gasteiger partial charge in [-0.3, -0.25) is 0 Å². The number of hydrogen-bond acceptors (Lipinski definition) is 4. The first-order valence-electron chi connectivity index (χ1n) is 6.50. The third-order valence-electron chi connectivity index (χ3n) is 3.18. The fourth-order valence-electron chi connectivity index (χ4n) is 2.22. The first-order chi connectivity index (χ1) is 10.3. The molecule has 4 rings (SSSR count). The minimum absolute atomic E-state index is 0.666. The Morgan fingerprint density at radius 2 is 2.00 bits per heavy atom. The second-order valence-corrected chi connectivity index (χ2v) is 6.63. The molecule has 4 nitrogen and oxygen atoms in total. The Balaban J connectivity index is 1.57. The molecule has 0 saturated carbocycles. The second kappa shape index (κ2) is 5.13. The minimum atomic E-state index is 0.666. The number of rotatable bonds is 3. The molecule has 1 N–H and O–H groups in total. The Kier molecular flexibility index (Phi) is 3.12. The van der Waals surface area contributed by atoms with E-state index >= 15 is 0 Å². The highest BCUT2D eigenvalue weighted by Crippen LogP contribution is 2.25. The van der Waals surface area contributed by atoms with Gasteiger partial charge in [-0.05, 0) is 40.2 Å². The van der Waals surface area contributed by atoms with Crippen LogP contribution < -0.4 is 5.32 Å². The monoisotopic (exact) mass is 358 g/mol. The van der Waals surface area contributed by atoms with Crippen molar-refractivity contribution < 1.29 is 0 Å². The van der Waals surface area contributed by atoms with Crippen LogP contribution in [0.1, 0.15) is 5.69 Å². The molecule has 0 unspecified atom stereocenters. The SMILES string of the molecule is Brc1ccc2nc(CNc3nc4ccccc4s3)cn2c1. The van der Waals surface area contributed by atoms with E-state index < -0.39 is 0 Å². The van der Waals surface area contributed by atoms with E-state index in [0.717, 1.165) is 26.5 Å². The van der Waals surface area contributed by atoms with Crippen LogP contribution in [0.15, 0.2) is 53.3 Å². The van der Waals surface area contributed by atoms with Gasteiger partial charge in [-0.2, -0.15) is 0 Å². The Bertz CT molecular complexity index is 895. The molecule has 0 spiro atoms. The molecular weight excluding hydrogens is 348 g/mol. The van der Waals surface area contributed by atoms with Crippen LogP contribution in [0.25, 0.3) is 15.9 Å². The van der Waals surface area contributed by atoms with Crippen molar-refractivity contribution in [3.63, 3.8) is 0 Å². The number of pyridine rings is 1. The van der Waals surface area contributed by atoms with E-state index in [1.54, 1.807) is 11.3 Å². The molecule has 0 aliphatic carbocycles. The number of benzene rings is 1. The first kappa shape index (κ1) is 12.8. The highest BCUT2D eigenvalue weighted by atomic mass is 79.9. The van der Waals surface area contributed by atoms with Gasteiger partial charge in [-0.15, -0.1) is 0 Å². The minimum Gasteiger partial charge on any atom is -0.356 e. The highest BCUT2D eigenvalue weighted by molar-refractivity contribution is 9.10. The van der Waals surface area contributed by atoms with Gasteiger partial charge in [0.15, 0.2) is 5.13 Å². The van der Waals surface area contributed by atoms with E-state index in [1.807, 2.05) is 47.1 Å². The van der Waals surface area contributed by atoms with Gasteiger partial charge in [0.2, 0.25) is 0 Å². The van der Waals surface area contributed by atoms with Gasteiger partial charge >= 0.3 is 0 Å². The van der Waals surface area contributed by atoms with Gasteiger partial charge < -0.3 is 9.72 Å². The Morgan fingerprint density at radius 3 is 2.90 bits per heavy atom. The summed E-state index contributed by atoms with van der Waals surface area (Å²) in [5, 5.41) is 4.27. The van der Waals surface area contributed by atoms with Crippen molar-refractivity contribution in [3.05, 3.63) is 59.0 Å². The molecule has 0 aliphatic heterocycles. The molecule has 0 bridgehead atoms. The van der Waals surface area contributed by atoms with Gasteiger partial charge in [-0.25, -0.2) is 9.97 Å². The molecule has 0 amide bonds. The van der Waals surface area contributed by atoms with E-state index in [9.17, 15) is 0 Å². The van der Waals surface area contributed by atoms with Crippen molar-refractivity contribution in [1.29, 1.82) is 0 Å². The molecule has 4 aromatic rings. The Hall–Kier alpha value is -1.92. The van der Waals surface area contributed by atoms with E-state index in [-0.39, 0.29) is 0 Å². The van der Waals surface area contributed by atoms with Crippen molar-refractivity contribution in [2.45, 2.75) is 6.54 Å². The van der Waals surface area contributed by atoms with Crippen molar-refractivity contribution >= 4 is 48.3 Å². The average molecular weight is 359 g/mol. The van der Waals surface area contributed by atoms with Crippen molar-refractivity contribution in [1.82, 2.24) is 14.4 Å². The Morgan fingerprint density at radius 1 is 1.10 bits per heavy atom. The van der Waals surface area contributed by atoms with Gasteiger partial charge in [0.05, 0.1) is 22.5 Å². The lowest BCUT2D eigenvalue weighted by Gasteiger charge is -1.97. The maximum Gasteiger partial charge on any atom is 0.184 e. The van der Waals surface area contributed by atoms with Crippen LogP contribution in [-0.4, -0.2) is 14.4 Å². The molecule has 0 atom stereocenters. The van der Waals surface area contributed by atoms with Crippen molar-refractivity contribution in [2.24, 2.45) is 0 Å². The first-order valence-corrected chi connectivity index (χ1v) is 8.11. The third-order valence-corrected chi connectivity index (χ3v) is 4.64. The van der Waals surface area contributed by atoms with Gasteiger partial charge in [0.25, 0.3) is 0 Å². The summed E-state index contributed by atoms with van der Waals surface area (Å²) in [5.41, 5.74) is 2.97. The summed E-state index contributed by atoms with van der Waals surface area (Å²) in [7, 11) is 0. The number of nitrogens with one attached hydrogen (secondary N) is 1. The van der Waals surface area contributed by atoms with Crippen molar-refractivity contribution in [3.8, 4) is 0 Å². The molecule has 3 heterocycles. The fraction of sp³-hybridized carbons (Fsp3) is 0.0667. The predicted molar refractivity (Wildman–Crippen MR) is 89.8 cm³/mol. The summed E-state index contributed by atoms with van der Waals surface area (Å²) < 4.78 is 4.25. The summed E-state index contributed by atoms with van der Waals surface area (Å²) in [4.78, 5) is 9.14. The number of aromatic nitrogens is 3. The van der Waals surface area contributed by atoms with E-state index in [0.29, 0.717) is 6.54 Å². The molecule has 0 fully saturated rings. The van der Waals surface area contributed by atoms with Crippen LogP contribution in [0.5, 0.6) is 0 Å². The zero-order chi connectivity index (χ0) is 14.2. The number of imidazole rings is 1. The topological polar surface area (TPSA) is 42.2 Å². The summed E-state index contributed by atoms with van der Waals surface area (Å²) in [5.74, 6) is 0. The molecule has 3 aromatic heterocycles. The molecule has 0 saturated heterocycles. The normalized spacial score (nSPS) is 11.3. The van der Waals surface area contributed by atoms with Gasteiger partial charge in [0.1, 0.15) is 5.65 Å². The van der Waals surface area contributed by atoms with Gasteiger partial charge in [-0.1, -0.05) is 23.5 Å². The molecule has 1 aromatic carbocycles. The number of hydrogen-bond donors (Lipinski definition) is 1. The summed E-state index contributed by atoms with van der Waals surface area (Å²) in [6, 6.07) is 12.1. The molecule has 0 radical (unpaired) electrons. The average Bonchev–Trinajstić information content (AvgIpc) is 3.07. The van der Waals surface area contributed by atoms with Crippen LogP contribution in [0.2, 0.25) is 0 Å². The smallest absolute Gasteiger partial charge is 0.184 e. The van der Waals surface area contributed by atoms with E-state index in [2.05, 4.69) is 37.3 Å². The number of nitrogens with zero attached hydrogens (tertiary/aromatic N) is 3. The predicted octanol–water partition coefficient (Wildman–Crippen LogP) is 4.32. The van der Waals surface area contributed by atoms with Crippen LogP contribution >= 0.6 is 27.3 Å². The summed E-state index contributed by atoms with van der Waals surface area (Å²) in [6.45, 7) is 0.666. The van der Waals surface area contributed by atoms with Crippen LogP contribution in [-0.2, 0) is 6.54 Å². The number of halogens is 1. The van der Waals surface area contributed by atoms with Crippen LogP contribution in [0.3, 0.4) is 0 Å². The number of para-hydroxylation sites is 1. The number of fused-ring (bicyclic) bond motifs is 2. The molecule has 0 aliphatic rings. The Labute approximate surface area is 133 Å². The molecule has 6 heteroatoms. The van der Waals surface area contributed by atoms with E-state index in [1.165, 1.54) is 4.70 Å². The van der Waals surface area contributed by atoms with Crippen LogP contribution in [0.4, 0.5) is 5.13 Å². The molecule has 104 valence electrons. The third kappa shape index (κ3) is 2.52. The summed E-state index contributed by atoms with van der Waals surface area (Å²) >= 11 is 5.13. The highest BCUT2D eigenvalue weighted by Gasteiger charge is 2.05. The van der Waals surface area contributed by atoms with E-state index in [4.69, 9.17) is 0 Å². The molecule has 21 heavy (non-hydrogen) atoms. The quantitative estimate of drug-likeness (QED) is 0.592. The maximum atomic E-state index is 4.58. The maximum absolute atomic E-state index is 4.58. The molecular formula is C15H11BrN4S. The lowest BCUT2D eigenvalue weighted by Crippen LogP contribution is -1.98. The number of thiazole rings is 1. The number of anilines is 1. The fourth-order valence-corrected chi connectivity index (χ4v) is 3.43. The van der Waals surface area contributed by atoms with Crippen LogP contribution in [0, 0.1) is 0 Å². The lowest BCUT2D eigenvalue weighted by molar-refractivity contribution is 1.07. The standard InChI is InChI=1S/C15H11BrN4S/c16-10-5-6-14-18-11(9-20(14)8-10)7-17-15-19-12-3-1-2-4-13(12)21-15/h1-6,8-9H,7H2,(H,17,19). The van der Waals surface area contributed by atoms with Gasteiger partial charge in [0, 0.05) is 16.9 Å². The van der Waals surface area contributed by atoms with Crippen molar-refractivity contribution in [2.75, 3.05) is 5.32 Å². The zero-order valence-corrected chi connectivity index (χ0v) is 13.4. The summed E-state index contributed by atoms with van der Waals surface area (Å²) in [6.07, 6.45) is 4.03.